The first-order valence-corrected chi connectivity index (χ1v) is 7.70. The van der Waals surface area contributed by atoms with Gasteiger partial charge in [-0.3, -0.25) is 0 Å². The van der Waals surface area contributed by atoms with Crippen molar-refractivity contribution in [1.82, 2.24) is 5.32 Å². The van der Waals surface area contributed by atoms with E-state index in [1.54, 1.807) is 0 Å². The normalized spacial score (nSPS) is 21.5. The molecule has 2 rings (SSSR count). The summed E-state index contributed by atoms with van der Waals surface area (Å²) in [6.45, 7) is 14.9. The van der Waals surface area contributed by atoms with Crippen molar-refractivity contribution in [2.75, 3.05) is 6.54 Å². The first-order chi connectivity index (χ1) is 8.81. The third-order valence-corrected chi connectivity index (χ3v) is 4.99. The first kappa shape index (κ1) is 14.6. The fraction of sp³-hybridized carbons (Fsp3) is 0.667. The van der Waals surface area contributed by atoms with Gasteiger partial charge in [0.1, 0.15) is 0 Å². The predicted molar refractivity (Wildman–Crippen MR) is 83.8 cm³/mol. The number of nitrogens with one attached hydrogen (secondary N) is 1. The molecule has 1 unspecified atom stereocenters. The lowest BCUT2D eigenvalue weighted by atomic mass is 9.79. The largest absolute Gasteiger partial charge is 0.310 e. The van der Waals surface area contributed by atoms with Crippen LogP contribution in [0.15, 0.2) is 18.2 Å². The van der Waals surface area contributed by atoms with Crippen LogP contribution in [-0.4, -0.2) is 6.54 Å². The van der Waals surface area contributed by atoms with Crippen LogP contribution in [-0.2, 0) is 10.8 Å². The van der Waals surface area contributed by atoms with Gasteiger partial charge < -0.3 is 5.32 Å². The Morgan fingerprint density at radius 3 is 2.53 bits per heavy atom. The molecule has 1 aromatic rings. The summed E-state index contributed by atoms with van der Waals surface area (Å²) in [6.07, 6.45) is 2.40. The second-order valence-electron chi connectivity index (χ2n) is 7.24. The molecule has 0 amide bonds. The van der Waals surface area contributed by atoms with Crippen molar-refractivity contribution < 1.29 is 0 Å². The Bertz CT molecular complexity index is 457. The van der Waals surface area contributed by atoms with Gasteiger partial charge in [-0.2, -0.15) is 0 Å². The molecule has 1 aliphatic carbocycles. The van der Waals surface area contributed by atoms with Crippen molar-refractivity contribution in [3.05, 3.63) is 34.9 Å². The van der Waals surface area contributed by atoms with Crippen LogP contribution in [0.5, 0.6) is 0 Å². The summed E-state index contributed by atoms with van der Waals surface area (Å²) >= 11 is 0. The number of hydrogen-bond donors (Lipinski definition) is 1. The van der Waals surface area contributed by atoms with Gasteiger partial charge in [0.2, 0.25) is 0 Å². The summed E-state index contributed by atoms with van der Waals surface area (Å²) in [5.41, 5.74) is 5.13. The Morgan fingerprint density at radius 2 is 1.95 bits per heavy atom. The summed E-state index contributed by atoms with van der Waals surface area (Å²) in [4.78, 5) is 0. The summed E-state index contributed by atoms with van der Waals surface area (Å²) in [6, 6.07) is 7.71. The highest BCUT2D eigenvalue weighted by molar-refractivity contribution is 5.45. The fourth-order valence-corrected chi connectivity index (χ4v) is 3.25. The highest BCUT2D eigenvalue weighted by Crippen LogP contribution is 2.45. The molecule has 0 bridgehead atoms. The van der Waals surface area contributed by atoms with E-state index in [1.807, 2.05) is 0 Å². The number of fused-ring (bicyclic) bond motifs is 1. The highest BCUT2D eigenvalue weighted by atomic mass is 14.9. The van der Waals surface area contributed by atoms with Crippen LogP contribution in [0.3, 0.4) is 0 Å². The third-order valence-electron chi connectivity index (χ3n) is 4.99. The van der Waals surface area contributed by atoms with Crippen molar-refractivity contribution in [2.45, 2.75) is 71.3 Å². The summed E-state index contributed by atoms with van der Waals surface area (Å²) < 4.78 is 0. The average Bonchev–Trinajstić information content (AvgIpc) is 2.61. The van der Waals surface area contributed by atoms with Crippen molar-refractivity contribution >= 4 is 0 Å². The minimum absolute atomic E-state index is 0.276. The molecule has 1 heteroatoms. The molecule has 1 atom stereocenters. The molecule has 0 saturated carbocycles. The number of rotatable bonds is 4. The van der Waals surface area contributed by atoms with Crippen LogP contribution in [0.1, 0.15) is 77.1 Å². The van der Waals surface area contributed by atoms with E-state index in [4.69, 9.17) is 0 Å². The molecule has 1 aromatic carbocycles. The Kier molecular flexibility index (Phi) is 3.79. The predicted octanol–water partition coefficient (Wildman–Crippen LogP) is 4.71. The molecule has 1 nitrogen and oxygen atoms in total. The van der Waals surface area contributed by atoms with E-state index < -0.39 is 0 Å². The van der Waals surface area contributed by atoms with Crippen LogP contribution >= 0.6 is 0 Å². The van der Waals surface area contributed by atoms with Gasteiger partial charge in [-0.25, -0.2) is 0 Å². The first-order valence-electron chi connectivity index (χ1n) is 7.70. The van der Waals surface area contributed by atoms with Gasteiger partial charge in [0.05, 0.1) is 0 Å². The Hall–Kier alpha value is -0.820. The summed E-state index contributed by atoms with van der Waals surface area (Å²) in [5, 5.41) is 3.65. The zero-order valence-electron chi connectivity index (χ0n) is 13.4. The van der Waals surface area contributed by atoms with Gasteiger partial charge in [-0.15, -0.1) is 0 Å². The molecule has 19 heavy (non-hydrogen) atoms. The van der Waals surface area contributed by atoms with E-state index in [2.05, 4.69) is 65.1 Å². The average molecular weight is 259 g/mol. The molecule has 0 aliphatic heterocycles. The topological polar surface area (TPSA) is 12.0 Å². The van der Waals surface area contributed by atoms with Crippen LogP contribution in [0.4, 0.5) is 0 Å². The smallest absolute Gasteiger partial charge is 0.0331 e. The molecule has 0 heterocycles. The van der Waals surface area contributed by atoms with Crippen LogP contribution < -0.4 is 5.32 Å². The van der Waals surface area contributed by atoms with E-state index in [0.717, 1.165) is 6.54 Å². The van der Waals surface area contributed by atoms with Gasteiger partial charge in [0.15, 0.2) is 0 Å². The minimum atomic E-state index is 0.276. The number of hydrogen-bond acceptors (Lipinski definition) is 1. The Morgan fingerprint density at radius 1 is 1.26 bits per heavy atom. The molecule has 0 radical (unpaired) electrons. The summed E-state index contributed by atoms with van der Waals surface area (Å²) in [5.74, 6) is 0. The lowest BCUT2D eigenvalue weighted by molar-refractivity contribution is 0.433. The van der Waals surface area contributed by atoms with Crippen LogP contribution in [0, 0.1) is 0 Å². The van der Waals surface area contributed by atoms with Crippen LogP contribution in [0.2, 0.25) is 0 Å². The number of benzene rings is 1. The van der Waals surface area contributed by atoms with Gasteiger partial charge >= 0.3 is 0 Å². The minimum Gasteiger partial charge on any atom is -0.310 e. The van der Waals surface area contributed by atoms with Crippen molar-refractivity contribution in [1.29, 1.82) is 0 Å². The second-order valence-corrected chi connectivity index (χ2v) is 7.24. The molecule has 0 saturated heterocycles. The maximum absolute atomic E-state index is 3.65. The lowest BCUT2D eigenvalue weighted by Crippen LogP contribution is -2.21. The highest BCUT2D eigenvalue weighted by Gasteiger charge is 2.37. The molecular weight excluding hydrogens is 230 g/mol. The molecule has 106 valence electrons. The van der Waals surface area contributed by atoms with Crippen molar-refractivity contribution in [3.63, 3.8) is 0 Å². The molecule has 1 aliphatic rings. The standard InChI is InChI=1S/C18H29N/c1-7-17(3,4)13-9-10-15-14(11-13)16(19-8-2)12-18(15,5)6/h9-11,16,19H,7-8,12H2,1-6H3. The van der Waals surface area contributed by atoms with E-state index in [1.165, 1.54) is 29.5 Å². The maximum Gasteiger partial charge on any atom is 0.0331 e. The second kappa shape index (κ2) is 4.94. The lowest BCUT2D eigenvalue weighted by Gasteiger charge is -2.25. The van der Waals surface area contributed by atoms with E-state index >= 15 is 0 Å². The molecular formula is C18H29N. The molecule has 0 spiro atoms. The zero-order valence-corrected chi connectivity index (χ0v) is 13.4. The molecule has 0 fully saturated rings. The Labute approximate surface area is 118 Å². The fourth-order valence-electron chi connectivity index (χ4n) is 3.25. The van der Waals surface area contributed by atoms with Gasteiger partial charge in [-0.1, -0.05) is 59.7 Å². The van der Waals surface area contributed by atoms with Gasteiger partial charge in [0, 0.05) is 6.04 Å². The van der Waals surface area contributed by atoms with Gasteiger partial charge in [-0.05, 0) is 46.9 Å². The van der Waals surface area contributed by atoms with E-state index in [9.17, 15) is 0 Å². The zero-order chi connectivity index (χ0) is 14.3. The maximum atomic E-state index is 3.65. The van der Waals surface area contributed by atoms with Crippen LogP contribution in [0.25, 0.3) is 0 Å². The van der Waals surface area contributed by atoms with E-state index in [-0.39, 0.29) is 5.41 Å². The summed E-state index contributed by atoms with van der Waals surface area (Å²) in [7, 11) is 0. The van der Waals surface area contributed by atoms with E-state index in [0.29, 0.717) is 11.5 Å². The quantitative estimate of drug-likeness (QED) is 0.826. The van der Waals surface area contributed by atoms with Gasteiger partial charge in [0.25, 0.3) is 0 Å². The molecule has 1 N–H and O–H groups in total. The molecule has 0 aromatic heterocycles. The van der Waals surface area contributed by atoms with Crippen molar-refractivity contribution in [3.8, 4) is 0 Å². The Balaban J connectivity index is 2.46. The monoisotopic (exact) mass is 259 g/mol. The SMILES string of the molecule is CCNC1CC(C)(C)c2ccc(C(C)(C)CC)cc21. The van der Waals surface area contributed by atoms with Crippen molar-refractivity contribution in [2.24, 2.45) is 0 Å². The third kappa shape index (κ3) is 2.58.